The van der Waals surface area contributed by atoms with Crippen molar-refractivity contribution < 1.29 is 9.90 Å². The second kappa shape index (κ2) is 15.9. The molecule has 2 aromatic carbocycles. The summed E-state index contributed by atoms with van der Waals surface area (Å²) in [5.41, 5.74) is 5.98. The molecule has 0 aliphatic heterocycles. The van der Waals surface area contributed by atoms with E-state index in [9.17, 15) is 9.90 Å². The van der Waals surface area contributed by atoms with Crippen LogP contribution < -0.4 is 0 Å². The Morgan fingerprint density at radius 3 is 1.22 bits per heavy atom. The Balaban J connectivity index is 1.81. The Bertz CT molecular complexity index is 2150. The van der Waals surface area contributed by atoms with E-state index in [4.69, 9.17) is 33.4 Å². The van der Waals surface area contributed by atoms with Gasteiger partial charge in [0.2, 0.25) is 0 Å². The summed E-state index contributed by atoms with van der Waals surface area (Å²) in [6.07, 6.45) is 7.30. The van der Waals surface area contributed by atoms with E-state index < -0.39 is 16.9 Å². The van der Waals surface area contributed by atoms with Gasteiger partial charge in [-0.1, -0.05) is 118 Å². The quantitative estimate of drug-likeness (QED) is 0.252. The average Bonchev–Trinajstić information content (AvgIpc) is 3.55. The number of halogens is 2. The molecule has 0 saturated heterocycles. The van der Waals surface area contributed by atoms with Crippen LogP contribution in [0.4, 0.5) is 11.4 Å². The van der Waals surface area contributed by atoms with E-state index in [0.29, 0.717) is 44.0 Å². The van der Waals surface area contributed by atoms with Crippen molar-refractivity contribution in [1.29, 1.82) is 0 Å². The molecule has 1 aromatic heterocycles. The van der Waals surface area contributed by atoms with E-state index in [0.717, 1.165) is 32.0 Å². The molecule has 3 aromatic rings. The number of aliphatic hydroxyl groups excluding tert-OH is 1. The molecule has 0 fully saturated rings. The van der Waals surface area contributed by atoms with Gasteiger partial charge < -0.3 is 5.11 Å². The summed E-state index contributed by atoms with van der Waals surface area (Å²) < 4.78 is 0. The zero-order valence-corrected chi connectivity index (χ0v) is 36.3. The van der Waals surface area contributed by atoms with E-state index in [1.165, 1.54) is 11.3 Å². The molecule has 0 amide bonds. The highest BCUT2D eigenvalue weighted by Gasteiger charge is 2.36. The number of thiophene rings is 1. The maximum absolute atomic E-state index is 13.9. The van der Waals surface area contributed by atoms with Crippen molar-refractivity contribution >= 4 is 63.1 Å². The number of hydrogen-bond donors (Lipinski definition) is 1. The summed E-state index contributed by atoms with van der Waals surface area (Å²) in [7, 11) is 0. The molecule has 1 heterocycles. The lowest BCUT2D eigenvalue weighted by Gasteiger charge is -2.37. The number of Topliss-reactive ketones (excluding diaryl/α,β-unsaturated/α-hetero) is 1. The van der Waals surface area contributed by atoms with E-state index in [1.807, 2.05) is 48.6 Å². The fourth-order valence-electron chi connectivity index (χ4n) is 6.29. The van der Waals surface area contributed by atoms with Crippen molar-refractivity contribution in [3.63, 3.8) is 0 Å². The Labute approximate surface area is 340 Å². The highest BCUT2D eigenvalue weighted by atomic mass is 35.5. The highest BCUT2D eigenvalue weighted by molar-refractivity contribution is 7.14. The molecular formula is C46H52Cl2N4O2S. The fraction of sp³-hybridized carbons (Fsp3) is 0.370. The summed E-state index contributed by atoms with van der Waals surface area (Å²) in [4.78, 5) is 15.6. The van der Waals surface area contributed by atoms with Crippen LogP contribution in [0.3, 0.4) is 0 Å². The number of ketones is 1. The molecule has 6 nitrogen and oxygen atoms in total. The van der Waals surface area contributed by atoms with Gasteiger partial charge in [0.15, 0.2) is 5.78 Å². The number of hydrogen-bond acceptors (Lipinski definition) is 7. The first-order valence-electron chi connectivity index (χ1n) is 18.5. The van der Waals surface area contributed by atoms with Gasteiger partial charge in [-0.15, -0.1) is 21.6 Å². The standard InChI is InChI=1S/C46H52Cl2N4O2S/c1-43(2,3)33-23-27(24-34(41(33)53)44(4,5)6)39(51-49-31-17-13-29(47)14-18-31)37-21-22-38(55-37)40(52-50-32-19-15-30(48)16-20-32)28-25-35(45(7,8)9)42(54)36(26-28)46(10,11)12/h13-26,41,53H,1-12H3. The zero-order valence-electron chi connectivity index (χ0n) is 34.0. The summed E-state index contributed by atoms with van der Waals surface area (Å²) in [5, 5.41) is 32.0. The lowest BCUT2D eigenvalue weighted by molar-refractivity contribution is -0.114. The predicted octanol–water partition coefficient (Wildman–Crippen LogP) is 14.9. The first-order chi connectivity index (χ1) is 25.4. The van der Waals surface area contributed by atoms with Crippen LogP contribution in [-0.4, -0.2) is 17.0 Å². The van der Waals surface area contributed by atoms with Crippen molar-refractivity contribution in [3.8, 4) is 0 Å². The topological polar surface area (TPSA) is 86.7 Å². The van der Waals surface area contributed by atoms with Crippen molar-refractivity contribution in [2.45, 2.75) is 89.2 Å². The number of allylic oxidation sites excluding steroid dienone is 8. The molecule has 0 radical (unpaired) electrons. The van der Waals surface area contributed by atoms with Crippen LogP contribution in [0.1, 0.15) is 92.8 Å². The van der Waals surface area contributed by atoms with Gasteiger partial charge in [-0.25, -0.2) is 0 Å². The smallest absolute Gasteiger partial charge is 0.186 e. The van der Waals surface area contributed by atoms with Crippen molar-refractivity contribution in [3.05, 3.63) is 138 Å². The highest BCUT2D eigenvalue weighted by Crippen LogP contribution is 2.46. The van der Waals surface area contributed by atoms with Gasteiger partial charge in [-0.2, -0.15) is 10.2 Å². The first-order valence-corrected chi connectivity index (χ1v) is 20.1. The Hall–Kier alpha value is -4.01. The second-order valence-corrected chi connectivity index (χ2v) is 20.1. The van der Waals surface area contributed by atoms with Crippen LogP contribution in [0, 0.1) is 21.7 Å². The molecule has 0 unspecified atom stereocenters. The minimum Gasteiger partial charge on any atom is -0.384 e. The van der Waals surface area contributed by atoms with Gasteiger partial charge in [0.1, 0.15) is 11.4 Å². The summed E-state index contributed by atoms with van der Waals surface area (Å²) in [5.74, 6) is 0.0432. The normalized spacial score (nSPS) is 17.4. The molecule has 0 saturated carbocycles. The van der Waals surface area contributed by atoms with E-state index >= 15 is 0 Å². The second-order valence-electron chi connectivity index (χ2n) is 18.2. The van der Waals surface area contributed by atoms with Crippen molar-refractivity contribution in [2.24, 2.45) is 42.1 Å². The number of rotatable bonds is 6. The Morgan fingerprint density at radius 1 is 0.545 bits per heavy atom. The number of azo groups is 2. The van der Waals surface area contributed by atoms with Gasteiger partial charge >= 0.3 is 0 Å². The zero-order chi connectivity index (χ0) is 40.7. The summed E-state index contributed by atoms with van der Waals surface area (Å²) in [6.45, 7) is 25.0. The van der Waals surface area contributed by atoms with Gasteiger partial charge in [-0.05, 0) is 106 Å². The number of carbonyl (C=O) groups excluding carboxylic acids is 1. The molecule has 0 spiro atoms. The third-order valence-corrected chi connectivity index (χ3v) is 11.1. The largest absolute Gasteiger partial charge is 0.384 e. The van der Waals surface area contributed by atoms with Gasteiger partial charge in [0, 0.05) is 32.3 Å². The van der Waals surface area contributed by atoms with Gasteiger partial charge in [0.05, 0.1) is 27.2 Å². The molecule has 9 heteroatoms. The van der Waals surface area contributed by atoms with Crippen LogP contribution in [0.15, 0.2) is 139 Å². The molecular weight excluding hydrogens is 744 g/mol. The lowest BCUT2D eigenvalue weighted by atomic mass is 9.70. The monoisotopic (exact) mass is 794 g/mol. The molecule has 5 rings (SSSR count). The third-order valence-electron chi connectivity index (χ3n) is 9.45. The number of benzene rings is 2. The van der Waals surface area contributed by atoms with Gasteiger partial charge in [0.25, 0.3) is 0 Å². The third kappa shape index (κ3) is 10.1. The molecule has 0 atom stereocenters. The van der Waals surface area contributed by atoms with E-state index in [2.05, 4.69) is 105 Å². The van der Waals surface area contributed by atoms with Gasteiger partial charge in [-0.3, -0.25) is 4.79 Å². The van der Waals surface area contributed by atoms with Crippen molar-refractivity contribution in [2.75, 3.05) is 0 Å². The van der Waals surface area contributed by atoms with Crippen LogP contribution in [0.5, 0.6) is 0 Å². The molecule has 2 aliphatic carbocycles. The SMILES string of the molecule is CC(C)(C)C1=CC(=C(N=Nc2ccc(Cl)cc2)c2ccc(C(N=Nc3ccc(Cl)cc3)=C3C=C(C(C)(C)C)C(O)C(C(C)(C)C)=C3)s2)C=C(C(C)(C)C)C1=O. The predicted molar refractivity (Wildman–Crippen MR) is 231 cm³/mol. The number of aliphatic hydroxyl groups is 1. The molecule has 0 bridgehead atoms. The maximum Gasteiger partial charge on any atom is 0.186 e. The maximum atomic E-state index is 13.9. The lowest BCUT2D eigenvalue weighted by Crippen LogP contribution is -2.31. The van der Waals surface area contributed by atoms with Crippen LogP contribution in [0.25, 0.3) is 11.4 Å². The molecule has 2 aliphatic rings. The summed E-state index contributed by atoms with van der Waals surface area (Å²) >= 11 is 13.9. The number of carbonyl (C=O) groups is 1. The molecule has 55 heavy (non-hydrogen) atoms. The fourth-order valence-corrected chi connectivity index (χ4v) is 7.57. The Kier molecular flexibility index (Phi) is 12.1. The van der Waals surface area contributed by atoms with Crippen LogP contribution >= 0.6 is 34.5 Å². The molecule has 288 valence electrons. The average molecular weight is 796 g/mol. The van der Waals surface area contributed by atoms with Crippen LogP contribution in [-0.2, 0) is 4.79 Å². The molecule has 1 N–H and O–H groups in total. The first kappa shape index (κ1) is 42.1. The van der Waals surface area contributed by atoms with Crippen LogP contribution in [0.2, 0.25) is 10.0 Å². The summed E-state index contributed by atoms with van der Waals surface area (Å²) in [6, 6.07) is 18.5. The number of nitrogens with zero attached hydrogens (tertiary/aromatic N) is 4. The van der Waals surface area contributed by atoms with Crippen molar-refractivity contribution in [1.82, 2.24) is 0 Å². The minimum absolute atomic E-state index is 0.0432. The Morgan fingerprint density at radius 2 is 0.891 bits per heavy atom. The van der Waals surface area contributed by atoms with E-state index in [-0.39, 0.29) is 16.6 Å². The van der Waals surface area contributed by atoms with E-state index in [1.54, 1.807) is 24.3 Å². The minimum atomic E-state index is -0.733.